The van der Waals surface area contributed by atoms with Gasteiger partial charge in [0.25, 0.3) is 5.56 Å². The van der Waals surface area contributed by atoms with Gasteiger partial charge in [-0.25, -0.2) is 13.6 Å². The minimum absolute atomic E-state index is 0.0158. The predicted molar refractivity (Wildman–Crippen MR) is 131 cm³/mol. The molecular weight excluding hydrogens is 467 g/mol. The molecule has 10 nitrogen and oxygen atoms in total. The Bertz CT molecular complexity index is 1630. The number of hydrogen-bond donors (Lipinski definition) is 1. The van der Waals surface area contributed by atoms with Gasteiger partial charge in [-0.15, -0.1) is 0 Å². The van der Waals surface area contributed by atoms with Crippen molar-refractivity contribution in [2.24, 2.45) is 12.8 Å². The van der Waals surface area contributed by atoms with Crippen molar-refractivity contribution in [3.05, 3.63) is 94.1 Å². The summed E-state index contributed by atoms with van der Waals surface area (Å²) in [5.74, 6) is -1.96. The number of primary amides is 1. The van der Waals surface area contributed by atoms with Gasteiger partial charge in [0.2, 0.25) is 11.8 Å². The number of hydrogen-bond acceptors (Lipinski definition) is 6. The zero-order chi connectivity index (χ0) is 26.1. The van der Waals surface area contributed by atoms with E-state index >= 15 is 0 Å². The lowest BCUT2D eigenvalue weighted by atomic mass is 10.0. The Morgan fingerprint density at radius 1 is 1.28 bits per heavy atom. The second-order valence-electron chi connectivity index (χ2n) is 8.05. The number of aromatic nitrogens is 5. The Morgan fingerprint density at radius 3 is 2.69 bits per heavy atom. The first-order valence-corrected chi connectivity index (χ1v) is 10.9. The predicted octanol–water partition coefficient (Wildman–Crippen LogP) is 3.04. The Balaban J connectivity index is 1.59. The van der Waals surface area contributed by atoms with Crippen LogP contribution in [0.25, 0.3) is 11.2 Å². The number of fused-ring (bicyclic) bond motifs is 1. The van der Waals surface area contributed by atoms with Crippen molar-refractivity contribution in [1.29, 1.82) is 0 Å². The molecule has 0 saturated carbocycles. The summed E-state index contributed by atoms with van der Waals surface area (Å²) < 4.78 is 24.7. The maximum Gasteiger partial charge on any atom is 0.282 e. The minimum atomic E-state index is -0.734. The van der Waals surface area contributed by atoms with E-state index in [0.717, 1.165) is 6.07 Å². The second-order valence-corrected chi connectivity index (χ2v) is 8.05. The van der Waals surface area contributed by atoms with Crippen molar-refractivity contribution in [3.63, 3.8) is 0 Å². The summed E-state index contributed by atoms with van der Waals surface area (Å²) in [6.07, 6.45) is 5.82. The molecule has 0 saturated heterocycles. The summed E-state index contributed by atoms with van der Waals surface area (Å²) in [4.78, 5) is 41.4. The number of allylic oxidation sites excluding steroid dienone is 3. The molecule has 4 rings (SSSR count). The van der Waals surface area contributed by atoms with Gasteiger partial charge in [-0.05, 0) is 43.7 Å². The van der Waals surface area contributed by atoms with Crippen LogP contribution in [0.1, 0.15) is 38.9 Å². The van der Waals surface area contributed by atoms with Gasteiger partial charge < -0.3 is 10.5 Å². The van der Waals surface area contributed by atoms with E-state index in [9.17, 15) is 18.8 Å². The maximum absolute atomic E-state index is 14.9. The van der Waals surface area contributed by atoms with Crippen LogP contribution in [0, 0.1) is 12.7 Å². The highest BCUT2D eigenvalue weighted by Crippen LogP contribution is 2.28. The average Bonchev–Trinajstić information content (AvgIpc) is 3.35. The fourth-order valence-electron chi connectivity index (χ4n) is 3.85. The van der Waals surface area contributed by atoms with E-state index < -0.39 is 23.1 Å². The van der Waals surface area contributed by atoms with Crippen LogP contribution in [0.4, 0.5) is 4.39 Å². The first-order valence-electron chi connectivity index (χ1n) is 10.9. The molecule has 0 aliphatic rings. The lowest BCUT2D eigenvalue weighted by Gasteiger charge is -2.08. The zero-order valence-corrected chi connectivity index (χ0v) is 19.9. The number of rotatable bonds is 8. The molecule has 1 amide bonds. The molecule has 184 valence electrons. The van der Waals surface area contributed by atoms with E-state index in [1.807, 2.05) is 0 Å². The maximum atomic E-state index is 14.9. The van der Waals surface area contributed by atoms with Gasteiger partial charge in [-0.3, -0.25) is 19.1 Å². The van der Waals surface area contributed by atoms with Crippen LogP contribution in [-0.4, -0.2) is 35.7 Å². The number of benzene rings is 1. The third-order valence-corrected chi connectivity index (χ3v) is 5.69. The highest BCUT2D eigenvalue weighted by molar-refractivity contribution is 5.98. The number of Topliss-reactive ketones (excluding diaryl/α,β-unsaturated/α-hetero) is 1. The van der Waals surface area contributed by atoms with Crippen LogP contribution >= 0.6 is 0 Å². The number of nitrogens with zero attached hydrogens (tertiary/aromatic N) is 5. The number of carbonyl (C=O) groups excluding carboxylic acids is 2. The molecule has 0 atom stereocenters. The number of halogens is 1. The molecule has 0 bridgehead atoms. The Hall–Kier alpha value is -4.80. The summed E-state index contributed by atoms with van der Waals surface area (Å²) in [6.45, 7) is 7.33. The monoisotopic (exact) mass is 490 g/mol. The van der Waals surface area contributed by atoms with E-state index in [4.69, 9.17) is 10.5 Å². The van der Waals surface area contributed by atoms with Crippen molar-refractivity contribution in [2.45, 2.75) is 20.3 Å². The Morgan fingerprint density at radius 2 is 2.03 bits per heavy atom. The minimum Gasteiger partial charge on any atom is -0.434 e. The topological polar surface area (TPSA) is 127 Å². The molecule has 4 aromatic rings. The van der Waals surface area contributed by atoms with Crippen molar-refractivity contribution in [3.8, 4) is 11.6 Å². The van der Waals surface area contributed by atoms with Crippen LogP contribution in [0.15, 0.2) is 60.3 Å². The van der Waals surface area contributed by atoms with Crippen molar-refractivity contribution in [1.82, 2.24) is 24.0 Å². The van der Waals surface area contributed by atoms with Gasteiger partial charge in [-0.2, -0.15) is 10.1 Å². The number of carbonyl (C=O) groups is 2. The van der Waals surface area contributed by atoms with E-state index in [1.54, 1.807) is 37.7 Å². The Kier molecular flexibility index (Phi) is 6.39. The van der Waals surface area contributed by atoms with E-state index in [2.05, 4.69) is 16.7 Å². The fraction of sp³-hybridized carbons (Fsp3) is 0.160. The van der Waals surface area contributed by atoms with Gasteiger partial charge in [-0.1, -0.05) is 18.7 Å². The average molecular weight is 490 g/mol. The van der Waals surface area contributed by atoms with Crippen molar-refractivity contribution >= 4 is 22.9 Å². The molecule has 0 fully saturated rings. The van der Waals surface area contributed by atoms with Crippen molar-refractivity contribution < 1.29 is 18.7 Å². The van der Waals surface area contributed by atoms with Crippen LogP contribution in [0.3, 0.4) is 0 Å². The number of nitrogens with two attached hydrogens (primary N) is 1. The quantitative estimate of drug-likeness (QED) is 0.299. The first-order chi connectivity index (χ1) is 17.1. The van der Waals surface area contributed by atoms with E-state index in [-0.39, 0.29) is 29.2 Å². The Labute approximate surface area is 204 Å². The first kappa shape index (κ1) is 24.3. The molecule has 11 heteroatoms. The summed E-state index contributed by atoms with van der Waals surface area (Å²) in [7, 11) is 1.66. The molecule has 1 aromatic carbocycles. The zero-order valence-electron chi connectivity index (χ0n) is 19.9. The normalized spacial score (nSPS) is 11.3. The van der Waals surface area contributed by atoms with Crippen molar-refractivity contribution in [2.75, 3.05) is 0 Å². The van der Waals surface area contributed by atoms with Gasteiger partial charge in [0.05, 0.1) is 11.3 Å². The molecule has 0 unspecified atom stereocenters. The molecule has 0 aliphatic heterocycles. The number of ketones is 1. The van der Waals surface area contributed by atoms with Crippen LogP contribution in [-0.2, 0) is 13.5 Å². The SMILES string of the molecule is C=C(/C=C\C)n1c(=O)c(C(=O)Cc2ccc(Oc3ncnn4cc(C(N)=O)cc34)c(F)c2)c(C)n1C. The second kappa shape index (κ2) is 9.45. The standard InChI is InChI=1S/C25H23FN6O4/c1-5-6-14(2)32-25(35)22(15(3)30(32)4)20(33)10-16-7-8-21(18(26)9-16)36-24-19-11-17(23(27)34)12-31(19)29-13-28-24/h5-9,11-13H,2,10H2,1,3-4H3,(H2,27,34)/b6-5-. The fourth-order valence-corrected chi connectivity index (χ4v) is 3.85. The lowest BCUT2D eigenvalue weighted by molar-refractivity contribution is 0.0986. The molecule has 2 N–H and O–H groups in total. The third kappa shape index (κ3) is 4.33. The van der Waals surface area contributed by atoms with E-state index in [0.29, 0.717) is 22.5 Å². The molecule has 0 aliphatic carbocycles. The summed E-state index contributed by atoms with van der Waals surface area (Å²) in [5.41, 5.74) is 6.60. The molecule has 0 radical (unpaired) electrons. The van der Waals surface area contributed by atoms with Gasteiger partial charge in [0.15, 0.2) is 17.3 Å². The van der Waals surface area contributed by atoms with Crippen LogP contribution in [0.5, 0.6) is 11.6 Å². The molecule has 3 aromatic heterocycles. The smallest absolute Gasteiger partial charge is 0.282 e. The highest BCUT2D eigenvalue weighted by atomic mass is 19.1. The van der Waals surface area contributed by atoms with Gasteiger partial charge in [0, 0.05) is 25.4 Å². The summed E-state index contributed by atoms with van der Waals surface area (Å²) in [6, 6.07) is 5.48. The number of amides is 1. The molecule has 36 heavy (non-hydrogen) atoms. The lowest BCUT2D eigenvalue weighted by Crippen LogP contribution is -2.23. The van der Waals surface area contributed by atoms with Crippen LogP contribution in [0.2, 0.25) is 0 Å². The molecule has 3 heterocycles. The third-order valence-electron chi connectivity index (χ3n) is 5.69. The molecular formula is C25H23FN6O4. The van der Waals surface area contributed by atoms with Crippen LogP contribution < -0.4 is 16.0 Å². The summed E-state index contributed by atoms with van der Waals surface area (Å²) in [5, 5.41) is 3.98. The highest BCUT2D eigenvalue weighted by Gasteiger charge is 2.23. The van der Waals surface area contributed by atoms with Gasteiger partial charge in [0.1, 0.15) is 17.4 Å². The largest absolute Gasteiger partial charge is 0.434 e. The summed E-state index contributed by atoms with van der Waals surface area (Å²) >= 11 is 0. The number of ether oxygens (including phenoxy) is 1. The van der Waals surface area contributed by atoms with E-state index in [1.165, 1.54) is 39.9 Å². The van der Waals surface area contributed by atoms with Gasteiger partial charge >= 0.3 is 0 Å². The molecule has 0 spiro atoms.